The lowest BCUT2D eigenvalue weighted by atomic mass is 10.1. The van der Waals surface area contributed by atoms with Crippen LogP contribution in [0.2, 0.25) is 0 Å². The molecule has 0 unspecified atom stereocenters. The maximum absolute atomic E-state index is 13.2. The van der Waals surface area contributed by atoms with Crippen LogP contribution in [0.5, 0.6) is 11.5 Å². The van der Waals surface area contributed by atoms with E-state index < -0.39 is 4.92 Å². The Kier molecular flexibility index (Phi) is 6.70. The first kappa shape index (κ1) is 24.2. The normalized spacial score (nSPS) is 11.8. The van der Waals surface area contributed by atoms with Crippen molar-refractivity contribution >= 4 is 39.1 Å². The lowest BCUT2D eigenvalue weighted by Gasteiger charge is -2.17. The minimum Gasteiger partial charge on any atom is -0.490 e. The third-order valence-electron chi connectivity index (χ3n) is 5.79. The number of thiazole rings is 1. The number of imidazole rings is 1. The standard InChI is InChI=1S/C28H23N3O5S/c1-3-7-20-14-19(16-25-27(32)30-23-9-6-5-8-22(23)29-28(30)37-25)15-24(35-4-2)26(20)36-17-18-10-12-21(13-11-18)31(33)34/h3,5-6,8-16H,1,4,7,17H2,2H3. The summed E-state index contributed by atoms with van der Waals surface area (Å²) in [6.07, 6.45) is 4.14. The SMILES string of the molecule is C=CCc1cc(C=c2sc3nc4ccccc4n3c2=O)cc(OCC)c1OCc1ccc([N+](=O)[O-])cc1. The van der Waals surface area contributed by atoms with Gasteiger partial charge in [-0.05, 0) is 66.9 Å². The van der Waals surface area contributed by atoms with Gasteiger partial charge in [0, 0.05) is 17.7 Å². The zero-order valence-corrected chi connectivity index (χ0v) is 20.9. The van der Waals surface area contributed by atoms with Crippen molar-refractivity contribution in [3.8, 4) is 11.5 Å². The van der Waals surface area contributed by atoms with Gasteiger partial charge in [-0.15, -0.1) is 6.58 Å². The largest absolute Gasteiger partial charge is 0.490 e. The van der Waals surface area contributed by atoms with Crippen LogP contribution in [0, 0.1) is 10.1 Å². The maximum atomic E-state index is 13.2. The van der Waals surface area contributed by atoms with Crippen LogP contribution in [0.3, 0.4) is 0 Å². The Balaban J connectivity index is 1.53. The highest BCUT2D eigenvalue weighted by atomic mass is 32.1. The van der Waals surface area contributed by atoms with Crippen LogP contribution in [0.1, 0.15) is 23.6 Å². The highest BCUT2D eigenvalue weighted by Gasteiger charge is 2.15. The van der Waals surface area contributed by atoms with E-state index in [1.165, 1.54) is 23.5 Å². The second-order valence-corrected chi connectivity index (χ2v) is 9.29. The van der Waals surface area contributed by atoms with Crippen molar-refractivity contribution in [1.82, 2.24) is 9.38 Å². The van der Waals surface area contributed by atoms with Gasteiger partial charge >= 0.3 is 0 Å². The van der Waals surface area contributed by atoms with Crippen LogP contribution in [0.25, 0.3) is 22.1 Å². The summed E-state index contributed by atoms with van der Waals surface area (Å²) < 4.78 is 14.3. The number of aromatic nitrogens is 2. The number of hydrogen-bond acceptors (Lipinski definition) is 7. The Morgan fingerprint density at radius 3 is 2.65 bits per heavy atom. The summed E-state index contributed by atoms with van der Waals surface area (Å²) >= 11 is 1.34. The quantitative estimate of drug-likeness (QED) is 0.155. The zero-order valence-electron chi connectivity index (χ0n) is 20.0. The molecule has 0 amide bonds. The zero-order chi connectivity index (χ0) is 25.9. The molecule has 0 aliphatic carbocycles. The highest BCUT2D eigenvalue weighted by molar-refractivity contribution is 7.15. The Labute approximate surface area is 215 Å². The number of rotatable bonds is 9. The van der Waals surface area contributed by atoms with Crippen molar-refractivity contribution < 1.29 is 14.4 Å². The van der Waals surface area contributed by atoms with Crippen LogP contribution in [0.4, 0.5) is 5.69 Å². The van der Waals surface area contributed by atoms with Gasteiger partial charge in [0.2, 0.25) is 0 Å². The molecule has 5 rings (SSSR count). The smallest absolute Gasteiger partial charge is 0.274 e. The molecular formula is C28H23N3O5S. The second-order valence-electron chi connectivity index (χ2n) is 8.28. The first-order valence-electron chi connectivity index (χ1n) is 11.7. The van der Waals surface area contributed by atoms with E-state index in [1.54, 1.807) is 22.6 Å². The summed E-state index contributed by atoms with van der Waals surface area (Å²) in [7, 11) is 0. The van der Waals surface area contributed by atoms with E-state index in [1.807, 2.05) is 49.4 Å². The van der Waals surface area contributed by atoms with Gasteiger partial charge in [0.25, 0.3) is 11.2 Å². The molecule has 3 aromatic carbocycles. The molecule has 186 valence electrons. The van der Waals surface area contributed by atoms with Crippen molar-refractivity contribution in [2.24, 2.45) is 0 Å². The van der Waals surface area contributed by atoms with Crippen molar-refractivity contribution in [3.63, 3.8) is 0 Å². The van der Waals surface area contributed by atoms with Crippen molar-refractivity contribution in [3.05, 3.63) is 115 Å². The predicted octanol–water partition coefficient (Wildman–Crippen LogP) is 5.07. The fraction of sp³-hybridized carbons (Fsp3) is 0.143. The van der Waals surface area contributed by atoms with Crippen molar-refractivity contribution in [2.45, 2.75) is 20.0 Å². The summed E-state index contributed by atoms with van der Waals surface area (Å²) in [6.45, 7) is 6.39. The summed E-state index contributed by atoms with van der Waals surface area (Å²) in [5.41, 5.74) is 3.93. The number of fused-ring (bicyclic) bond motifs is 3. The van der Waals surface area contributed by atoms with E-state index >= 15 is 0 Å². The molecule has 37 heavy (non-hydrogen) atoms. The van der Waals surface area contributed by atoms with E-state index in [0.29, 0.717) is 34.0 Å². The predicted molar refractivity (Wildman–Crippen MR) is 145 cm³/mol. The number of para-hydroxylation sites is 2. The van der Waals surface area contributed by atoms with Gasteiger partial charge < -0.3 is 9.47 Å². The number of allylic oxidation sites excluding steroid dienone is 1. The number of hydrogen-bond donors (Lipinski definition) is 0. The van der Waals surface area contributed by atoms with Gasteiger partial charge in [-0.25, -0.2) is 9.38 Å². The van der Waals surface area contributed by atoms with Gasteiger partial charge in [-0.1, -0.05) is 29.5 Å². The van der Waals surface area contributed by atoms with Crippen LogP contribution in [-0.4, -0.2) is 20.9 Å². The van der Waals surface area contributed by atoms with E-state index in [-0.39, 0.29) is 17.9 Å². The first-order chi connectivity index (χ1) is 18.0. The van der Waals surface area contributed by atoms with Crippen LogP contribution < -0.4 is 19.6 Å². The number of non-ortho nitro benzene ring substituents is 1. The molecule has 0 saturated carbocycles. The summed E-state index contributed by atoms with van der Waals surface area (Å²) in [5, 5.41) is 10.9. The average Bonchev–Trinajstić information content (AvgIpc) is 3.40. The molecule has 2 heterocycles. The van der Waals surface area contributed by atoms with Crippen molar-refractivity contribution in [2.75, 3.05) is 6.61 Å². The molecule has 0 spiro atoms. The molecule has 8 nitrogen and oxygen atoms in total. The minimum atomic E-state index is -0.434. The maximum Gasteiger partial charge on any atom is 0.274 e. The molecular weight excluding hydrogens is 490 g/mol. The van der Waals surface area contributed by atoms with Gasteiger partial charge in [0.05, 0.1) is 27.1 Å². The van der Waals surface area contributed by atoms with Crippen molar-refractivity contribution in [1.29, 1.82) is 0 Å². The molecule has 0 aliphatic rings. The fourth-order valence-corrected chi connectivity index (χ4v) is 5.12. The third kappa shape index (κ3) is 4.81. The van der Waals surface area contributed by atoms with E-state index in [2.05, 4.69) is 11.6 Å². The number of benzene rings is 3. The van der Waals surface area contributed by atoms with Gasteiger partial charge in [0.15, 0.2) is 16.5 Å². The van der Waals surface area contributed by atoms with Crippen LogP contribution in [-0.2, 0) is 13.0 Å². The Bertz CT molecular complexity index is 1740. The molecule has 9 heteroatoms. The lowest BCUT2D eigenvalue weighted by molar-refractivity contribution is -0.384. The highest BCUT2D eigenvalue weighted by Crippen LogP contribution is 2.35. The molecule has 5 aromatic rings. The van der Waals surface area contributed by atoms with Gasteiger partial charge in [-0.3, -0.25) is 14.9 Å². The number of ether oxygens (including phenoxy) is 2. The van der Waals surface area contributed by atoms with E-state index in [0.717, 1.165) is 27.7 Å². The first-order valence-corrected chi connectivity index (χ1v) is 12.5. The minimum absolute atomic E-state index is 0.0257. The number of nitro benzene ring substituents is 1. The lowest BCUT2D eigenvalue weighted by Crippen LogP contribution is -2.22. The van der Waals surface area contributed by atoms with E-state index in [4.69, 9.17) is 9.47 Å². The molecule has 0 fully saturated rings. The molecule has 2 aromatic heterocycles. The fourth-order valence-electron chi connectivity index (χ4n) is 4.13. The van der Waals surface area contributed by atoms with Gasteiger partial charge in [-0.2, -0.15) is 0 Å². The Hall–Kier alpha value is -4.50. The second kappa shape index (κ2) is 10.2. The third-order valence-corrected chi connectivity index (χ3v) is 6.76. The summed E-state index contributed by atoms with van der Waals surface area (Å²) in [6, 6.07) is 17.6. The average molecular weight is 514 g/mol. The monoisotopic (exact) mass is 513 g/mol. The van der Waals surface area contributed by atoms with Gasteiger partial charge in [0.1, 0.15) is 6.61 Å². The van der Waals surface area contributed by atoms with Crippen LogP contribution in [0.15, 0.2) is 78.1 Å². The molecule has 0 radical (unpaired) electrons. The Morgan fingerprint density at radius 2 is 1.92 bits per heavy atom. The van der Waals surface area contributed by atoms with Crippen LogP contribution >= 0.6 is 11.3 Å². The molecule has 0 bridgehead atoms. The molecule has 0 atom stereocenters. The molecule has 0 saturated heterocycles. The molecule has 0 N–H and O–H groups in total. The summed E-state index contributed by atoms with van der Waals surface area (Å²) in [5.74, 6) is 1.13. The van der Waals surface area contributed by atoms with E-state index in [9.17, 15) is 14.9 Å². The Morgan fingerprint density at radius 1 is 1.14 bits per heavy atom. The topological polar surface area (TPSA) is 96.0 Å². The summed E-state index contributed by atoms with van der Waals surface area (Å²) in [4.78, 5) is 28.9. The number of nitrogens with zero attached hydrogens (tertiary/aromatic N) is 3. The molecule has 0 aliphatic heterocycles. The number of nitro groups is 1.